The van der Waals surface area contributed by atoms with Crippen LogP contribution in [0.15, 0.2) is 0 Å². The molecule has 0 rings (SSSR count). The maximum absolute atomic E-state index is 12.5. The van der Waals surface area contributed by atoms with Crippen molar-refractivity contribution in [2.24, 2.45) is 0 Å². The van der Waals surface area contributed by atoms with E-state index >= 15 is 0 Å². The highest BCUT2D eigenvalue weighted by Crippen LogP contribution is 2.12. The third-order valence-corrected chi connectivity index (χ3v) is 6.61. The molecule has 0 aromatic heterocycles. The molecule has 0 aromatic rings. The second-order valence-electron chi connectivity index (χ2n) is 11.8. The van der Waals surface area contributed by atoms with Crippen molar-refractivity contribution in [1.29, 1.82) is 0 Å². The Hall–Kier alpha value is -1.71. The van der Waals surface area contributed by atoms with Crippen LogP contribution < -0.4 is 0 Å². The molecule has 0 amide bonds. The molecule has 0 radical (unpaired) electrons. The standard InChI is InChI=1S/C31H59NO8/c1-6-8-10-12-14-15-16-18-20-22-29(34)40-27(25-38-28(33)21-19-17-13-11-9-7-2)26-39-31(30(35)36)37-24-23-32(3,4)5/h27,31H,6-26H2,1-5H3/p+1. The third kappa shape index (κ3) is 25.3. The van der Waals surface area contributed by atoms with Gasteiger partial charge in [-0.3, -0.25) is 9.59 Å². The molecule has 1 N–H and O–H groups in total. The molecule has 0 aliphatic rings. The monoisotopic (exact) mass is 574 g/mol. The van der Waals surface area contributed by atoms with E-state index in [1.165, 1.54) is 57.8 Å². The van der Waals surface area contributed by atoms with E-state index in [9.17, 15) is 19.5 Å². The summed E-state index contributed by atoms with van der Waals surface area (Å²) in [6.07, 6.45) is 14.8. The smallest absolute Gasteiger partial charge is 0.361 e. The topological polar surface area (TPSA) is 108 Å². The number of aliphatic carboxylic acids is 1. The van der Waals surface area contributed by atoms with Crippen molar-refractivity contribution in [3.8, 4) is 0 Å². The lowest BCUT2D eigenvalue weighted by atomic mass is 10.1. The Morgan fingerprint density at radius 2 is 1.12 bits per heavy atom. The molecule has 0 bridgehead atoms. The Balaban J connectivity index is 4.65. The Morgan fingerprint density at radius 1 is 0.650 bits per heavy atom. The van der Waals surface area contributed by atoms with Crippen molar-refractivity contribution in [2.45, 2.75) is 135 Å². The van der Waals surface area contributed by atoms with Gasteiger partial charge in [0.15, 0.2) is 6.10 Å². The Morgan fingerprint density at radius 3 is 1.60 bits per heavy atom. The molecule has 0 heterocycles. The highest BCUT2D eigenvalue weighted by atomic mass is 16.7. The number of carbonyl (C=O) groups excluding carboxylic acids is 2. The lowest BCUT2D eigenvalue weighted by Crippen LogP contribution is -2.40. The highest BCUT2D eigenvalue weighted by Gasteiger charge is 2.25. The van der Waals surface area contributed by atoms with Crippen LogP contribution in [0.25, 0.3) is 0 Å². The van der Waals surface area contributed by atoms with Crippen LogP contribution in [-0.4, -0.2) is 87.4 Å². The van der Waals surface area contributed by atoms with Gasteiger partial charge in [-0.15, -0.1) is 0 Å². The van der Waals surface area contributed by atoms with Gasteiger partial charge in [0.2, 0.25) is 0 Å². The normalized spacial score (nSPS) is 13.1. The number of likely N-dealkylation sites (N-methyl/N-ethyl adjacent to an activating group) is 1. The van der Waals surface area contributed by atoms with Crippen molar-refractivity contribution in [2.75, 3.05) is 47.5 Å². The molecule has 0 fully saturated rings. The zero-order valence-corrected chi connectivity index (χ0v) is 26.3. The average Bonchev–Trinajstić information content (AvgIpc) is 2.89. The summed E-state index contributed by atoms with van der Waals surface area (Å²) in [4.78, 5) is 36.4. The summed E-state index contributed by atoms with van der Waals surface area (Å²) in [5.74, 6) is -2.02. The molecule has 0 aliphatic heterocycles. The van der Waals surface area contributed by atoms with Gasteiger partial charge in [0, 0.05) is 12.8 Å². The molecular formula is C31H60NO8+. The summed E-state index contributed by atoms with van der Waals surface area (Å²) in [7, 11) is 5.92. The van der Waals surface area contributed by atoms with Crippen LogP contribution in [0.3, 0.4) is 0 Å². The number of hydrogen-bond donors (Lipinski definition) is 1. The predicted molar refractivity (Wildman–Crippen MR) is 157 cm³/mol. The van der Waals surface area contributed by atoms with E-state index in [0.717, 1.165) is 38.5 Å². The molecule has 9 heteroatoms. The molecule has 0 saturated heterocycles. The van der Waals surface area contributed by atoms with Crippen molar-refractivity contribution < 1.29 is 42.9 Å². The van der Waals surface area contributed by atoms with Gasteiger partial charge in [-0.05, 0) is 12.8 Å². The van der Waals surface area contributed by atoms with Crippen LogP contribution in [0.5, 0.6) is 0 Å². The fourth-order valence-corrected chi connectivity index (χ4v) is 4.07. The number of unbranched alkanes of at least 4 members (excludes halogenated alkanes) is 13. The maximum atomic E-state index is 12.5. The van der Waals surface area contributed by atoms with Crippen LogP contribution in [0.2, 0.25) is 0 Å². The Kier molecular flexibility index (Phi) is 24.0. The molecule has 0 aliphatic carbocycles. The van der Waals surface area contributed by atoms with Crippen LogP contribution in [-0.2, 0) is 33.3 Å². The van der Waals surface area contributed by atoms with E-state index < -0.39 is 24.3 Å². The van der Waals surface area contributed by atoms with Gasteiger partial charge in [0.1, 0.15) is 13.2 Å². The first-order valence-electron chi connectivity index (χ1n) is 15.7. The molecule has 0 spiro atoms. The van der Waals surface area contributed by atoms with E-state index in [1.807, 2.05) is 21.1 Å². The number of nitrogens with zero attached hydrogens (tertiary/aromatic N) is 1. The van der Waals surface area contributed by atoms with Gasteiger partial charge in [0.05, 0.1) is 34.4 Å². The van der Waals surface area contributed by atoms with Gasteiger partial charge in [-0.1, -0.05) is 97.3 Å². The quantitative estimate of drug-likeness (QED) is 0.0505. The van der Waals surface area contributed by atoms with Gasteiger partial charge < -0.3 is 28.5 Å². The summed E-state index contributed by atoms with van der Waals surface area (Å²) >= 11 is 0. The number of hydrogen-bond acceptors (Lipinski definition) is 7. The number of carbonyl (C=O) groups is 3. The second-order valence-corrected chi connectivity index (χ2v) is 11.8. The SMILES string of the molecule is CCCCCCCCCCCC(=O)OC(COC(=O)CCCCCCCC)COC(OCC[N+](C)(C)C)C(=O)O. The summed E-state index contributed by atoms with van der Waals surface area (Å²) in [5.41, 5.74) is 0. The molecule has 0 saturated carbocycles. The minimum atomic E-state index is -1.50. The molecule has 9 nitrogen and oxygen atoms in total. The van der Waals surface area contributed by atoms with Crippen molar-refractivity contribution in [1.82, 2.24) is 0 Å². The Bertz CT molecular complexity index is 650. The van der Waals surface area contributed by atoms with Crippen LogP contribution in [0.4, 0.5) is 0 Å². The van der Waals surface area contributed by atoms with E-state index in [4.69, 9.17) is 18.9 Å². The zero-order chi connectivity index (χ0) is 30.1. The number of esters is 2. The van der Waals surface area contributed by atoms with Gasteiger partial charge in [-0.25, -0.2) is 4.79 Å². The van der Waals surface area contributed by atoms with Crippen LogP contribution in [0.1, 0.15) is 123 Å². The van der Waals surface area contributed by atoms with Crippen LogP contribution >= 0.6 is 0 Å². The zero-order valence-electron chi connectivity index (χ0n) is 26.3. The maximum Gasteiger partial charge on any atom is 0.361 e. The van der Waals surface area contributed by atoms with Gasteiger partial charge in [-0.2, -0.15) is 0 Å². The van der Waals surface area contributed by atoms with E-state index in [-0.39, 0.29) is 32.2 Å². The van der Waals surface area contributed by atoms with Gasteiger partial charge in [0.25, 0.3) is 6.29 Å². The summed E-state index contributed by atoms with van der Waals surface area (Å²) in [6, 6.07) is 0. The molecule has 2 atom stereocenters. The fourth-order valence-electron chi connectivity index (χ4n) is 4.07. The number of carboxylic acid groups (broad SMARTS) is 1. The number of carboxylic acids is 1. The van der Waals surface area contributed by atoms with Gasteiger partial charge >= 0.3 is 17.9 Å². The number of rotatable bonds is 28. The molecule has 0 aromatic carbocycles. The first-order valence-corrected chi connectivity index (χ1v) is 15.7. The van der Waals surface area contributed by atoms with E-state index in [2.05, 4.69) is 13.8 Å². The lowest BCUT2D eigenvalue weighted by molar-refractivity contribution is -0.870. The number of quaternary nitrogens is 1. The van der Waals surface area contributed by atoms with E-state index in [1.54, 1.807) is 0 Å². The molecular weight excluding hydrogens is 514 g/mol. The summed E-state index contributed by atoms with van der Waals surface area (Å²) in [6.45, 7) is 4.74. The molecule has 2 unspecified atom stereocenters. The van der Waals surface area contributed by atoms with Crippen molar-refractivity contribution in [3.63, 3.8) is 0 Å². The number of ether oxygens (including phenoxy) is 4. The van der Waals surface area contributed by atoms with E-state index in [0.29, 0.717) is 17.4 Å². The first-order chi connectivity index (χ1) is 19.1. The Labute approximate surface area is 243 Å². The fraction of sp³-hybridized carbons (Fsp3) is 0.903. The van der Waals surface area contributed by atoms with Crippen molar-refractivity contribution in [3.05, 3.63) is 0 Å². The van der Waals surface area contributed by atoms with Crippen LogP contribution in [0, 0.1) is 0 Å². The summed E-state index contributed by atoms with van der Waals surface area (Å²) < 4.78 is 22.4. The minimum absolute atomic E-state index is 0.177. The minimum Gasteiger partial charge on any atom is -0.477 e. The predicted octanol–water partition coefficient (Wildman–Crippen LogP) is 6.26. The second kappa shape index (κ2) is 25.0. The average molecular weight is 575 g/mol. The first kappa shape index (κ1) is 38.3. The highest BCUT2D eigenvalue weighted by molar-refractivity contribution is 5.71. The summed E-state index contributed by atoms with van der Waals surface area (Å²) in [5, 5.41) is 9.49. The molecule has 40 heavy (non-hydrogen) atoms. The lowest BCUT2D eigenvalue weighted by Gasteiger charge is -2.25. The van der Waals surface area contributed by atoms with Crippen molar-refractivity contribution >= 4 is 17.9 Å². The molecule has 236 valence electrons. The third-order valence-electron chi connectivity index (χ3n) is 6.61. The largest absolute Gasteiger partial charge is 0.477 e.